The molecule has 18 heavy (non-hydrogen) atoms. The smallest absolute Gasteiger partial charge is 0.338 e. The third kappa shape index (κ3) is 4.64. The average Bonchev–Trinajstić information content (AvgIpc) is 2.38. The molecular weight excluding hydrogens is 252 g/mol. The highest BCUT2D eigenvalue weighted by Gasteiger charge is 2.15. The Labute approximate surface area is 114 Å². The second kappa shape index (κ2) is 8.91. The van der Waals surface area contributed by atoms with Crippen LogP contribution < -0.4 is 11.5 Å². The van der Waals surface area contributed by atoms with Gasteiger partial charge in [0, 0.05) is 6.04 Å². The second-order valence-corrected chi connectivity index (χ2v) is 3.97. The number of nitrogens with two attached hydrogens (primary N) is 2. The van der Waals surface area contributed by atoms with E-state index in [0.29, 0.717) is 12.1 Å². The van der Waals surface area contributed by atoms with Crippen LogP contribution in [0.5, 0.6) is 0 Å². The summed E-state index contributed by atoms with van der Waals surface area (Å²) in [5.74, 6) is -0.338. The fourth-order valence-corrected chi connectivity index (χ4v) is 1.78. The molecule has 0 spiro atoms. The zero-order valence-corrected chi connectivity index (χ0v) is 11.4. The predicted molar refractivity (Wildman–Crippen MR) is 74.9 cm³/mol. The van der Waals surface area contributed by atoms with Gasteiger partial charge in [0.1, 0.15) is 0 Å². The second-order valence-electron chi connectivity index (χ2n) is 3.97. The summed E-state index contributed by atoms with van der Waals surface area (Å²) >= 11 is 0. The van der Waals surface area contributed by atoms with E-state index in [1.54, 1.807) is 6.07 Å². The van der Waals surface area contributed by atoms with Gasteiger partial charge in [-0.2, -0.15) is 0 Å². The van der Waals surface area contributed by atoms with Crippen LogP contribution in [0.4, 0.5) is 0 Å². The quantitative estimate of drug-likeness (QED) is 0.613. The van der Waals surface area contributed by atoms with Crippen LogP contribution in [0.2, 0.25) is 0 Å². The Bertz CT molecular complexity index is 372. The minimum atomic E-state index is -0.338. The van der Waals surface area contributed by atoms with E-state index in [-0.39, 0.29) is 24.4 Å². The van der Waals surface area contributed by atoms with Gasteiger partial charge in [-0.1, -0.05) is 24.6 Å². The molecule has 0 aliphatic heterocycles. The molecule has 1 aromatic carbocycles. The maximum absolute atomic E-state index is 11.6. The van der Waals surface area contributed by atoms with Crippen LogP contribution in [0.3, 0.4) is 0 Å². The molecule has 4 N–H and O–H groups in total. The number of halogens is 1. The highest BCUT2D eigenvalue weighted by molar-refractivity contribution is 5.91. The van der Waals surface area contributed by atoms with Crippen molar-refractivity contribution in [1.82, 2.24) is 0 Å². The van der Waals surface area contributed by atoms with E-state index in [1.165, 1.54) is 7.11 Å². The van der Waals surface area contributed by atoms with Gasteiger partial charge in [0.05, 0.1) is 12.7 Å². The molecule has 0 radical (unpaired) electrons. The molecule has 0 fully saturated rings. The summed E-state index contributed by atoms with van der Waals surface area (Å²) in [6.45, 7) is 0.672. The number of ether oxygens (including phenoxy) is 1. The largest absolute Gasteiger partial charge is 0.465 e. The molecule has 4 nitrogen and oxygen atoms in total. The molecule has 5 heteroatoms. The molecule has 0 saturated carbocycles. The third-order valence-electron chi connectivity index (χ3n) is 2.73. The van der Waals surface area contributed by atoms with Crippen LogP contribution in [0.1, 0.15) is 41.2 Å². The average molecular weight is 273 g/mol. The molecule has 0 aliphatic carbocycles. The van der Waals surface area contributed by atoms with E-state index in [1.807, 2.05) is 18.2 Å². The molecule has 0 amide bonds. The SMILES string of the molecule is COC(=O)c1ccccc1[C@@H](N)CCCCN.Cl. The van der Waals surface area contributed by atoms with Crippen LogP contribution >= 0.6 is 12.4 Å². The number of unbranched alkanes of at least 4 members (excludes halogenated alkanes) is 1. The van der Waals surface area contributed by atoms with Crippen molar-refractivity contribution in [1.29, 1.82) is 0 Å². The van der Waals surface area contributed by atoms with E-state index in [9.17, 15) is 4.79 Å². The van der Waals surface area contributed by atoms with Crippen LogP contribution in [0, 0.1) is 0 Å². The first-order valence-electron chi connectivity index (χ1n) is 5.83. The van der Waals surface area contributed by atoms with Crippen molar-refractivity contribution in [2.75, 3.05) is 13.7 Å². The number of carbonyl (C=O) groups excluding carboxylic acids is 1. The van der Waals surface area contributed by atoms with Gasteiger partial charge >= 0.3 is 5.97 Å². The van der Waals surface area contributed by atoms with Crippen molar-refractivity contribution in [2.24, 2.45) is 11.5 Å². The highest BCUT2D eigenvalue weighted by Crippen LogP contribution is 2.21. The van der Waals surface area contributed by atoms with Crippen LogP contribution in [-0.4, -0.2) is 19.6 Å². The van der Waals surface area contributed by atoms with E-state index < -0.39 is 0 Å². The number of hydrogen-bond donors (Lipinski definition) is 2. The number of methoxy groups -OCH3 is 1. The van der Waals surface area contributed by atoms with Gasteiger partial charge in [0.15, 0.2) is 0 Å². The van der Waals surface area contributed by atoms with Gasteiger partial charge in [0.25, 0.3) is 0 Å². The molecule has 0 aliphatic rings. The lowest BCUT2D eigenvalue weighted by Crippen LogP contribution is -2.16. The minimum absolute atomic E-state index is 0. The van der Waals surface area contributed by atoms with E-state index in [2.05, 4.69) is 0 Å². The highest BCUT2D eigenvalue weighted by atomic mass is 35.5. The normalized spacial score (nSPS) is 11.5. The van der Waals surface area contributed by atoms with Gasteiger partial charge in [-0.3, -0.25) is 0 Å². The first-order valence-corrected chi connectivity index (χ1v) is 5.83. The molecule has 0 unspecified atom stereocenters. The Morgan fingerprint density at radius 2 is 2.00 bits per heavy atom. The lowest BCUT2D eigenvalue weighted by Gasteiger charge is -2.15. The van der Waals surface area contributed by atoms with Crippen LogP contribution in [-0.2, 0) is 4.74 Å². The fraction of sp³-hybridized carbons (Fsp3) is 0.462. The zero-order chi connectivity index (χ0) is 12.7. The lowest BCUT2D eigenvalue weighted by atomic mass is 9.97. The zero-order valence-electron chi connectivity index (χ0n) is 10.6. The van der Waals surface area contributed by atoms with Gasteiger partial charge in [-0.05, 0) is 31.0 Å². The van der Waals surface area contributed by atoms with Gasteiger partial charge < -0.3 is 16.2 Å². The molecule has 0 heterocycles. The van der Waals surface area contributed by atoms with Crippen LogP contribution in [0.15, 0.2) is 24.3 Å². The molecule has 1 aromatic rings. The first-order chi connectivity index (χ1) is 8.20. The topological polar surface area (TPSA) is 78.3 Å². The number of benzene rings is 1. The summed E-state index contributed by atoms with van der Waals surface area (Å²) in [7, 11) is 1.37. The van der Waals surface area contributed by atoms with Crippen molar-refractivity contribution in [3.05, 3.63) is 35.4 Å². The Morgan fingerprint density at radius 1 is 1.33 bits per heavy atom. The number of rotatable bonds is 6. The lowest BCUT2D eigenvalue weighted by molar-refractivity contribution is 0.0599. The maximum atomic E-state index is 11.6. The van der Waals surface area contributed by atoms with Crippen LogP contribution in [0.25, 0.3) is 0 Å². The molecule has 0 bridgehead atoms. The molecule has 102 valence electrons. The third-order valence-corrected chi connectivity index (χ3v) is 2.73. The summed E-state index contributed by atoms with van der Waals surface area (Å²) in [5, 5.41) is 0. The van der Waals surface area contributed by atoms with Crippen molar-refractivity contribution in [3.8, 4) is 0 Å². The van der Waals surface area contributed by atoms with Crippen molar-refractivity contribution >= 4 is 18.4 Å². The molecule has 1 rings (SSSR count). The van der Waals surface area contributed by atoms with Crippen molar-refractivity contribution < 1.29 is 9.53 Å². The Morgan fingerprint density at radius 3 is 2.61 bits per heavy atom. The predicted octanol–water partition coefficient (Wildman–Crippen LogP) is 2.02. The summed E-state index contributed by atoms with van der Waals surface area (Å²) < 4.78 is 4.74. The number of hydrogen-bond acceptors (Lipinski definition) is 4. The van der Waals surface area contributed by atoms with E-state index in [0.717, 1.165) is 24.8 Å². The standard InChI is InChI=1S/C13H20N2O2.ClH/c1-17-13(16)11-7-3-2-6-10(11)12(15)8-4-5-9-14;/h2-3,6-7,12H,4-5,8-9,14-15H2,1H3;1H/t12-;/m0./s1. The summed E-state index contributed by atoms with van der Waals surface area (Å²) in [6, 6.07) is 7.16. The molecule has 1 atom stereocenters. The Hall–Kier alpha value is -1.10. The number of esters is 1. The summed E-state index contributed by atoms with van der Waals surface area (Å²) in [4.78, 5) is 11.6. The van der Waals surface area contributed by atoms with Gasteiger partial charge in [-0.15, -0.1) is 12.4 Å². The number of carbonyl (C=O) groups is 1. The van der Waals surface area contributed by atoms with E-state index >= 15 is 0 Å². The Kier molecular flexibility index (Phi) is 8.37. The first kappa shape index (κ1) is 16.9. The minimum Gasteiger partial charge on any atom is -0.465 e. The molecular formula is C13H21ClN2O2. The summed E-state index contributed by atoms with van der Waals surface area (Å²) in [5.41, 5.74) is 12.9. The summed E-state index contributed by atoms with van der Waals surface area (Å²) in [6.07, 6.45) is 2.74. The van der Waals surface area contributed by atoms with Crippen molar-refractivity contribution in [3.63, 3.8) is 0 Å². The monoisotopic (exact) mass is 272 g/mol. The van der Waals surface area contributed by atoms with Gasteiger partial charge in [-0.25, -0.2) is 4.79 Å². The molecule has 0 saturated heterocycles. The van der Waals surface area contributed by atoms with Crippen molar-refractivity contribution in [2.45, 2.75) is 25.3 Å². The maximum Gasteiger partial charge on any atom is 0.338 e. The van der Waals surface area contributed by atoms with E-state index in [4.69, 9.17) is 16.2 Å². The van der Waals surface area contributed by atoms with Gasteiger partial charge in [0.2, 0.25) is 0 Å². The molecule has 0 aromatic heterocycles. The Balaban J connectivity index is 0.00000289. The fourth-order valence-electron chi connectivity index (χ4n) is 1.78.